The average molecular weight is 335 g/mol. The topological polar surface area (TPSA) is 50.4 Å². The summed E-state index contributed by atoms with van der Waals surface area (Å²) in [6, 6.07) is 14.9. The molecule has 2 amide bonds. The molecule has 0 atom stereocenters. The van der Waals surface area contributed by atoms with Crippen LogP contribution in [0.4, 0.5) is 10.5 Å². The fourth-order valence-corrected chi connectivity index (χ4v) is 2.05. The quantitative estimate of drug-likeness (QED) is 0.893. The molecular weight excluding hydrogens is 320 g/mol. The summed E-state index contributed by atoms with van der Waals surface area (Å²) in [5, 5.41) is 5.56. The van der Waals surface area contributed by atoms with E-state index in [-0.39, 0.29) is 6.03 Å². The summed E-state index contributed by atoms with van der Waals surface area (Å²) in [4.78, 5) is 11.8. The minimum Gasteiger partial charge on any atom is -0.495 e. The predicted molar refractivity (Wildman–Crippen MR) is 83.0 cm³/mol. The lowest BCUT2D eigenvalue weighted by atomic mass is 10.2. The fourth-order valence-electron chi connectivity index (χ4n) is 1.71. The van der Waals surface area contributed by atoms with Crippen molar-refractivity contribution in [2.75, 3.05) is 12.4 Å². The van der Waals surface area contributed by atoms with Gasteiger partial charge in [-0.05, 0) is 23.8 Å². The van der Waals surface area contributed by atoms with E-state index in [2.05, 4.69) is 26.6 Å². The van der Waals surface area contributed by atoms with Crippen LogP contribution in [0.25, 0.3) is 0 Å². The monoisotopic (exact) mass is 334 g/mol. The average Bonchev–Trinajstić information content (AvgIpc) is 2.48. The molecule has 104 valence electrons. The van der Waals surface area contributed by atoms with Crippen LogP contribution in [0.5, 0.6) is 5.75 Å². The second-order valence-corrected chi connectivity index (χ2v) is 5.05. The zero-order valence-electron chi connectivity index (χ0n) is 11.0. The van der Waals surface area contributed by atoms with Crippen LogP contribution in [-0.2, 0) is 6.54 Å². The van der Waals surface area contributed by atoms with E-state index in [0.29, 0.717) is 18.0 Å². The van der Waals surface area contributed by atoms with Crippen LogP contribution in [0.15, 0.2) is 53.0 Å². The first-order valence-electron chi connectivity index (χ1n) is 6.11. The van der Waals surface area contributed by atoms with Crippen molar-refractivity contribution in [2.45, 2.75) is 6.54 Å². The number of carbonyl (C=O) groups excluding carboxylic acids is 1. The standard InChI is InChI=1S/C15H15BrN2O2/c1-20-14-9-12(16)7-8-13(14)18-15(19)17-10-11-5-3-2-4-6-11/h2-9H,10H2,1H3,(H2,17,18,19). The molecule has 4 nitrogen and oxygen atoms in total. The van der Waals surface area contributed by atoms with Gasteiger partial charge in [0.25, 0.3) is 0 Å². The highest BCUT2D eigenvalue weighted by Gasteiger charge is 2.07. The van der Waals surface area contributed by atoms with Crippen molar-refractivity contribution in [3.05, 3.63) is 58.6 Å². The van der Waals surface area contributed by atoms with E-state index in [1.54, 1.807) is 19.2 Å². The van der Waals surface area contributed by atoms with E-state index >= 15 is 0 Å². The molecule has 0 fully saturated rings. The predicted octanol–water partition coefficient (Wildman–Crippen LogP) is 3.78. The number of urea groups is 1. The Labute approximate surface area is 126 Å². The summed E-state index contributed by atoms with van der Waals surface area (Å²) in [5.74, 6) is 0.606. The summed E-state index contributed by atoms with van der Waals surface area (Å²) in [7, 11) is 1.56. The van der Waals surface area contributed by atoms with Crippen molar-refractivity contribution >= 4 is 27.6 Å². The lowest BCUT2D eigenvalue weighted by Gasteiger charge is -2.11. The lowest BCUT2D eigenvalue weighted by Crippen LogP contribution is -2.28. The third kappa shape index (κ3) is 3.99. The smallest absolute Gasteiger partial charge is 0.319 e. The molecule has 2 N–H and O–H groups in total. The highest BCUT2D eigenvalue weighted by atomic mass is 79.9. The normalized spacial score (nSPS) is 9.90. The van der Waals surface area contributed by atoms with Crippen molar-refractivity contribution in [1.82, 2.24) is 5.32 Å². The maximum absolute atomic E-state index is 11.8. The van der Waals surface area contributed by atoms with E-state index < -0.39 is 0 Å². The number of anilines is 1. The number of amides is 2. The lowest BCUT2D eigenvalue weighted by molar-refractivity contribution is 0.251. The molecule has 0 unspecified atom stereocenters. The van der Waals surface area contributed by atoms with Gasteiger partial charge in [-0.3, -0.25) is 0 Å². The minimum atomic E-state index is -0.269. The number of halogens is 1. The van der Waals surface area contributed by atoms with E-state index in [0.717, 1.165) is 10.0 Å². The Balaban J connectivity index is 1.95. The van der Waals surface area contributed by atoms with Gasteiger partial charge < -0.3 is 15.4 Å². The molecule has 0 saturated heterocycles. The van der Waals surface area contributed by atoms with Crippen molar-refractivity contribution in [3.8, 4) is 5.75 Å². The van der Waals surface area contributed by atoms with Gasteiger partial charge in [0, 0.05) is 11.0 Å². The maximum Gasteiger partial charge on any atom is 0.319 e. The number of benzene rings is 2. The molecule has 20 heavy (non-hydrogen) atoms. The molecule has 0 aliphatic heterocycles. The summed E-state index contributed by atoms with van der Waals surface area (Å²) in [6.07, 6.45) is 0. The van der Waals surface area contributed by atoms with Gasteiger partial charge in [-0.25, -0.2) is 4.79 Å². The van der Waals surface area contributed by atoms with Gasteiger partial charge in [-0.2, -0.15) is 0 Å². The summed E-state index contributed by atoms with van der Waals surface area (Å²) >= 11 is 3.36. The first-order valence-corrected chi connectivity index (χ1v) is 6.90. The molecule has 0 aromatic heterocycles. The molecule has 0 radical (unpaired) electrons. The number of hydrogen-bond acceptors (Lipinski definition) is 2. The number of nitrogens with one attached hydrogen (secondary N) is 2. The second kappa shape index (κ2) is 6.96. The Morgan fingerprint density at radius 1 is 1.20 bits per heavy atom. The van der Waals surface area contributed by atoms with Gasteiger partial charge in [0.2, 0.25) is 0 Å². The van der Waals surface area contributed by atoms with Crippen LogP contribution in [0.3, 0.4) is 0 Å². The third-order valence-electron chi connectivity index (χ3n) is 2.71. The van der Waals surface area contributed by atoms with Crippen molar-refractivity contribution < 1.29 is 9.53 Å². The zero-order valence-corrected chi connectivity index (χ0v) is 12.6. The van der Waals surface area contributed by atoms with E-state index in [4.69, 9.17) is 4.74 Å². The summed E-state index contributed by atoms with van der Waals surface area (Å²) in [6.45, 7) is 0.478. The molecule has 0 aliphatic rings. The highest BCUT2D eigenvalue weighted by molar-refractivity contribution is 9.10. The van der Waals surface area contributed by atoms with Gasteiger partial charge in [0.15, 0.2) is 0 Å². The molecule has 2 aromatic carbocycles. The Hall–Kier alpha value is -2.01. The van der Waals surface area contributed by atoms with E-state index in [1.165, 1.54) is 0 Å². The van der Waals surface area contributed by atoms with Crippen molar-refractivity contribution in [1.29, 1.82) is 0 Å². The SMILES string of the molecule is COc1cc(Br)ccc1NC(=O)NCc1ccccc1. The number of hydrogen-bond donors (Lipinski definition) is 2. The number of carbonyl (C=O) groups is 1. The Bertz CT molecular complexity index is 588. The van der Waals surface area contributed by atoms with Crippen LogP contribution in [0.2, 0.25) is 0 Å². The van der Waals surface area contributed by atoms with Crippen LogP contribution < -0.4 is 15.4 Å². The first kappa shape index (κ1) is 14.4. The third-order valence-corrected chi connectivity index (χ3v) is 3.20. The van der Waals surface area contributed by atoms with Crippen molar-refractivity contribution in [2.24, 2.45) is 0 Å². The number of rotatable bonds is 4. The highest BCUT2D eigenvalue weighted by Crippen LogP contribution is 2.27. The van der Waals surface area contributed by atoms with Gasteiger partial charge in [-0.15, -0.1) is 0 Å². The summed E-state index contributed by atoms with van der Waals surface area (Å²) in [5.41, 5.74) is 1.67. The van der Waals surface area contributed by atoms with E-state index in [1.807, 2.05) is 36.4 Å². The van der Waals surface area contributed by atoms with Gasteiger partial charge in [-0.1, -0.05) is 46.3 Å². The second-order valence-electron chi connectivity index (χ2n) is 4.14. The minimum absolute atomic E-state index is 0.269. The molecule has 0 aliphatic carbocycles. The maximum atomic E-state index is 11.8. The molecule has 2 rings (SSSR count). The van der Waals surface area contributed by atoms with Crippen LogP contribution >= 0.6 is 15.9 Å². The first-order chi connectivity index (χ1) is 9.69. The zero-order chi connectivity index (χ0) is 14.4. The molecule has 0 bridgehead atoms. The van der Waals surface area contributed by atoms with Crippen LogP contribution in [-0.4, -0.2) is 13.1 Å². The van der Waals surface area contributed by atoms with Gasteiger partial charge >= 0.3 is 6.03 Å². The number of ether oxygens (including phenoxy) is 1. The van der Waals surface area contributed by atoms with Crippen LogP contribution in [0.1, 0.15) is 5.56 Å². The molecule has 2 aromatic rings. The van der Waals surface area contributed by atoms with Gasteiger partial charge in [0.1, 0.15) is 5.75 Å². The Morgan fingerprint density at radius 3 is 2.65 bits per heavy atom. The fraction of sp³-hybridized carbons (Fsp3) is 0.133. The summed E-state index contributed by atoms with van der Waals surface area (Å²) < 4.78 is 6.11. The Morgan fingerprint density at radius 2 is 1.95 bits per heavy atom. The molecule has 0 heterocycles. The number of methoxy groups -OCH3 is 1. The molecular formula is C15H15BrN2O2. The largest absolute Gasteiger partial charge is 0.495 e. The molecule has 0 spiro atoms. The van der Waals surface area contributed by atoms with Gasteiger partial charge in [0.05, 0.1) is 12.8 Å². The Kier molecular flexibility index (Phi) is 5.01. The molecule has 5 heteroatoms. The van der Waals surface area contributed by atoms with Crippen LogP contribution in [0, 0.1) is 0 Å². The van der Waals surface area contributed by atoms with E-state index in [9.17, 15) is 4.79 Å². The molecule has 0 saturated carbocycles. The van der Waals surface area contributed by atoms with Crippen molar-refractivity contribution in [3.63, 3.8) is 0 Å².